The molecule has 0 saturated heterocycles. The Kier molecular flexibility index (Phi) is 7.75. The molecule has 9 heteroatoms. The van der Waals surface area contributed by atoms with Gasteiger partial charge in [0, 0.05) is 10.0 Å². The predicted octanol–water partition coefficient (Wildman–Crippen LogP) is 6.34. The van der Waals surface area contributed by atoms with E-state index in [1.807, 2.05) is 13.8 Å². The zero-order valence-corrected chi connectivity index (χ0v) is 20.8. The molecule has 1 heterocycles. The van der Waals surface area contributed by atoms with Gasteiger partial charge in [-0.15, -0.1) is 11.3 Å². The quantitative estimate of drug-likeness (QED) is 0.366. The van der Waals surface area contributed by atoms with Gasteiger partial charge in [-0.25, -0.2) is 13.1 Å². The molecule has 3 rings (SSSR count). The molecule has 0 bridgehead atoms. The number of aliphatic hydroxyl groups is 1. The molecule has 31 heavy (non-hydrogen) atoms. The van der Waals surface area contributed by atoms with Gasteiger partial charge in [0.25, 0.3) is 0 Å². The van der Waals surface area contributed by atoms with E-state index in [4.69, 9.17) is 34.8 Å². The fraction of sp³-hybridized carbons (Fsp3) is 0.273. The molecule has 1 aromatic heterocycles. The highest BCUT2D eigenvalue weighted by atomic mass is 35.5. The van der Waals surface area contributed by atoms with E-state index >= 15 is 0 Å². The lowest BCUT2D eigenvalue weighted by atomic mass is 9.75. The first-order valence-corrected chi connectivity index (χ1v) is 13.0. The number of hydrogen-bond acceptors (Lipinski definition) is 4. The summed E-state index contributed by atoms with van der Waals surface area (Å²) in [6.07, 6.45) is 0.627. The number of nitrogens with one attached hydrogen (secondary N) is 1. The van der Waals surface area contributed by atoms with Crippen molar-refractivity contribution in [3.63, 3.8) is 0 Å². The predicted molar refractivity (Wildman–Crippen MR) is 129 cm³/mol. The van der Waals surface area contributed by atoms with Gasteiger partial charge < -0.3 is 5.11 Å². The van der Waals surface area contributed by atoms with Gasteiger partial charge in [0.1, 0.15) is 9.81 Å². The van der Waals surface area contributed by atoms with E-state index in [0.29, 0.717) is 31.9 Å². The summed E-state index contributed by atoms with van der Waals surface area (Å²) in [5.41, 5.74) is -0.661. The highest BCUT2D eigenvalue weighted by Crippen LogP contribution is 2.39. The fourth-order valence-corrected chi connectivity index (χ4v) is 6.57. The third-order valence-electron chi connectivity index (χ3n) is 5.33. The van der Waals surface area contributed by atoms with Crippen molar-refractivity contribution >= 4 is 56.2 Å². The molecule has 0 aliphatic carbocycles. The molecule has 2 N–H and O–H groups in total. The van der Waals surface area contributed by atoms with Crippen LogP contribution in [0.3, 0.4) is 0 Å². The maximum atomic E-state index is 13.2. The van der Waals surface area contributed by atoms with Crippen LogP contribution in [0.2, 0.25) is 14.4 Å². The summed E-state index contributed by atoms with van der Waals surface area (Å²) < 4.78 is 29.6. The van der Waals surface area contributed by atoms with Crippen molar-refractivity contribution in [2.45, 2.75) is 36.1 Å². The van der Waals surface area contributed by atoms with Crippen LogP contribution < -0.4 is 4.72 Å². The number of benzene rings is 2. The van der Waals surface area contributed by atoms with Crippen molar-refractivity contribution < 1.29 is 13.5 Å². The molecule has 2 aromatic carbocycles. The normalized spacial score (nSPS) is 14.4. The third-order valence-corrected chi connectivity index (χ3v) is 9.00. The summed E-state index contributed by atoms with van der Waals surface area (Å²) in [5.74, 6) is -0.221. The molecular weight excluding hydrogens is 497 g/mol. The second-order valence-corrected chi connectivity index (χ2v) is 11.9. The Labute approximate surface area is 201 Å². The van der Waals surface area contributed by atoms with Crippen molar-refractivity contribution in [1.29, 1.82) is 0 Å². The first-order chi connectivity index (χ1) is 14.6. The Morgan fingerprint density at radius 1 is 0.935 bits per heavy atom. The lowest BCUT2D eigenvalue weighted by molar-refractivity contribution is 0.0247. The molecule has 0 radical (unpaired) electrons. The Morgan fingerprint density at radius 3 is 1.81 bits per heavy atom. The zero-order chi connectivity index (χ0) is 22.8. The van der Waals surface area contributed by atoms with E-state index in [-0.39, 0.29) is 10.1 Å². The van der Waals surface area contributed by atoms with Gasteiger partial charge in [0.2, 0.25) is 10.0 Å². The van der Waals surface area contributed by atoms with Gasteiger partial charge in [0.05, 0.1) is 10.4 Å². The summed E-state index contributed by atoms with van der Waals surface area (Å²) in [7, 11) is -3.94. The molecule has 2 unspecified atom stereocenters. The fourth-order valence-electron chi connectivity index (χ4n) is 3.45. The topological polar surface area (TPSA) is 66.4 Å². The summed E-state index contributed by atoms with van der Waals surface area (Å²) in [6.45, 7) is 3.84. The van der Waals surface area contributed by atoms with Gasteiger partial charge in [-0.05, 0) is 53.4 Å². The van der Waals surface area contributed by atoms with Crippen LogP contribution in [0, 0.1) is 5.92 Å². The maximum Gasteiger partial charge on any atom is 0.250 e. The minimum Gasteiger partial charge on any atom is -0.379 e. The van der Waals surface area contributed by atoms with E-state index in [2.05, 4.69) is 4.72 Å². The second-order valence-electron chi connectivity index (χ2n) is 7.32. The van der Waals surface area contributed by atoms with Crippen molar-refractivity contribution in [2.75, 3.05) is 0 Å². The van der Waals surface area contributed by atoms with Crippen LogP contribution in [-0.2, 0) is 15.6 Å². The highest BCUT2D eigenvalue weighted by molar-refractivity contribution is 7.91. The molecule has 0 aliphatic rings. The van der Waals surface area contributed by atoms with E-state index < -0.39 is 21.7 Å². The Bertz CT molecular complexity index is 1080. The first kappa shape index (κ1) is 24.5. The van der Waals surface area contributed by atoms with Crippen LogP contribution in [0.25, 0.3) is 0 Å². The van der Waals surface area contributed by atoms with Crippen LogP contribution in [-0.4, -0.2) is 19.6 Å². The monoisotopic (exact) mass is 517 g/mol. The number of thiophene rings is 1. The van der Waals surface area contributed by atoms with Crippen molar-refractivity contribution in [3.8, 4) is 0 Å². The summed E-state index contributed by atoms with van der Waals surface area (Å²) in [4.78, 5) is 0. The molecule has 0 spiro atoms. The van der Waals surface area contributed by atoms with Gasteiger partial charge in [-0.1, -0.05) is 79.3 Å². The van der Waals surface area contributed by atoms with Gasteiger partial charge >= 0.3 is 0 Å². The lowest BCUT2D eigenvalue weighted by Gasteiger charge is -2.40. The number of halogens is 3. The standard InChI is InChI=1S/C22H22Cl3NO3S2/c1-3-14(2)21(26-31(28,29)20-13-12-19(25)30-20)22(27,15-4-8-17(23)9-5-15)16-6-10-18(24)11-7-16/h4-14,21,26-27H,3H2,1-2H3. The summed E-state index contributed by atoms with van der Waals surface area (Å²) in [5, 5.41) is 13.2. The first-order valence-electron chi connectivity index (χ1n) is 9.60. The average molecular weight is 519 g/mol. The molecule has 166 valence electrons. The smallest absolute Gasteiger partial charge is 0.250 e. The molecule has 0 fully saturated rings. The molecule has 0 aliphatic heterocycles. The third kappa shape index (κ3) is 5.28. The SMILES string of the molecule is CCC(C)C(NS(=O)(=O)c1ccc(Cl)s1)C(O)(c1ccc(Cl)cc1)c1ccc(Cl)cc1. The minimum absolute atomic E-state index is 0.0837. The van der Waals surface area contributed by atoms with Crippen LogP contribution in [0.4, 0.5) is 0 Å². The average Bonchev–Trinajstić information content (AvgIpc) is 3.19. The Morgan fingerprint density at radius 2 is 1.42 bits per heavy atom. The van der Waals surface area contributed by atoms with Crippen molar-refractivity contribution in [2.24, 2.45) is 5.92 Å². The van der Waals surface area contributed by atoms with Crippen LogP contribution >= 0.6 is 46.1 Å². The molecule has 0 amide bonds. The van der Waals surface area contributed by atoms with Crippen LogP contribution in [0.15, 0.2) is 64.9 Å². The molecule has 2 atom stereocenters. The lowest BCUT2D eigenvalue weighted by Crippen LogP contribution is -2.54. The maximum absolute atomic E-state index is 13.2. The molecular formula is C22H22Cl3NO3S2. The Balaban J connectivity index is 2.18. The van der Waals surface area contributed by atoms with Gasteiger partial charge in [0.15, 0.2) is 0 Å². The zero-order valence-electron chi connectivity index (χ0n) is 16.8. The van der Waals surface area contributed by atoms with Crippen LogP contribution in [0.1, 0.15) is 31.4 Å². The summed E-state index contributed by atoms with van der Waals surface area (Å²) >= 11 is 19.0. The van der Waals surface area contributed by atoms with E-state index in [1.54, 1.807) is 48.5 Å². The molecule has 3 aromatic rings. The van der Waals surface area contributed by atoms with E-state index in [1.165, 1.54) is 12.1 Å². The highest BCUT2D eigenvalue weighted by Gasteiger charge is 2.45. The van der Waals surface area contributed by atoms with Crippen molar-refractivity contribution in [3.05, 3.63) is 86.2 Å². The van der Waals surface area contributed by atoms with Crippen molar-refractivity contribution in [1.82, 2.24) is 4.72 Å². The summed E-state index contributed by atoms with van der Waals surface area (Å²) in [6, 6.07) is 15.5. The van der Waals surface area contributed by atoms with E-state index in [0.717, 1.165) is 11.3 Å². The molecule has 0 saturated carbocycles. The van der Waals surface area contributed by atoms with Crippen LogP contribution in [0.5, 0.6) is 0 Å². The Hall–Kier alpha value is -1.12. The largest absolute Gasteiger partial charge is 0.379 e. The van der Waals surface area contributed by atoms with Gasteiger partial charge in [-0.2, -0.15) is 0 Å². The van der Waals surface area contributed by atoms with E-state index in [9.17, 15) is 13.5 Å². The minimum atomic E-state index is -3.94. The number of rotatable bonds is 8. The number of sulfonamides is 1. The second kappa shape index (κ2) is 9.79. The van der Waals surface area contributed by atoms with Gasteiger partial charge in [-0.3, -0.25) is 0 Å². The number of hydrogen-bond donors (Lipinski definition) is 2. The molecule has 4 nitrogen and oxygen atoms in total.